The number of amides is 1. The number of nitrogens with one attached hydrogen (secondary N) is 1. The van der Waals surface area contributed by atoms with Crippen molar-refractivity contribution in [3.8, 4) is 22.6 Å². The molecule has 9 heteroatoms. The van der Waals surface area contributed by atoms with Crippen molar-refractivity contribution in [2.24, 2.45) is 5.10 Å². The highest BCUT2D eigenvalue weighted by molar-refractivity contribution is 7.19. The Hall–Kier alpha value is -3.98. The molecule has 0 aliphatic carbocycles. The summed E-state index contributed by atoms with van der Waals surface area (Å²) in [6, 6.07) is 14.9. The van der Waals surface area contributed by atoms with E-state index in [2.05, 4.69) is 15.5 Å². The van der Waals surface area contributed by atoms with Crippen LogP contribution in [0.25, 0.3) is 21.3 Å². The van der Waals surface area contributed by atoms with Crippen molar-refractivity contribution >= 4 is 33.7 Å². The summed E-state index contributed by atoms with van der Waals surface area (Å²) in [5, 5.41) is 4.51. The van der Waals surface area contributed by atoms with Crippen LogP contribution >= 0.6 is 11.3 Å². The molecule has 8 nitrogen and oxygen atoms in total. The number of carbonyl (C=O) groups excluding carboxylic acids is 1. The number of ether oxygens (including phenoxy) is 2. The number of hydrazone groups is 1. The summed E-state index contributed by atoms with van der Waals surface area (Å²) in [5.41, 5.74) is 4.61. The third-order valence-electron chi connectivity index (χ3n) is 5.06. The van der Waals surface area contributed by atoms with Crippen molar-refractivity contribution in [1.29, 1.82) is 0 Å². The summed E-state index contributed by atoms with van der Waals surface area (Å²) in [6.45, 7) is 1.75. The molecule has 0 bridgehead atoms. The van der Waals surface area contributed by atoms with E-state index in [1.54, 1.807) is 32.4 Å². The van der Waals surface area contributed by atoms with Gasteiger partial charge in [0.25, 0.3) is 11.5 Å². The number of aromatic nitrogens is 2. The highest BCUT2D eigenvalue weighted by atomic mass is 32.1. The first-order chi connectivity index (χ1) is 16.0. The lowest BCUT2D eigenvalue weighted by Crippen LogP contribution is -2.30. The number of aryl methyl sites for hydroxylation is 1. The molecular weight excluding hydrogens is 440 g/mol. The Bertz CT molecular complexity index is 1390. The normalized spacial score (nSPS) is 11.1. The molecule has 0 radical (unpaired) electrons. The predicted molar refractivity (Wildman–Crippen MR) is 129 cm³/mol. The zero-order chi connectivity index (χ0) is 23.4. The molecule has 1 amide bonds. The third-order valence-corrected chi connectivity index (χ3v) is 6.07. The highest BCUT2D eigenvalue weighted by Gasteiger charge is 2.17. The van der Waals surface area contributed by atoms with E-state index in [1.807, 2.05) is 37.3 Å². The first kappa shape index (κ1) is 22.2. The number of carbonyl (C=O) groups is 1. The van der Waals surface area contributed by atoms with E-state index in [0.717, 1.165) is 16.0 Å². The number of hydrogen-bond acceptors (Lipinski definition) is 7. The largest absolute Gasteiger partial charge is 0.497 e. The maximum absolute atomic E-state index is 13.2. The predicted octanol–water partition coefficient (Wildman–Crippen LogP) is 3.60. The fourth-order valence-electron chi connectivity index (χ4n) is 3.51. The Morgan fingerprint density at radius 2 is 1.97 bits per heavy atom. The van der Waals surface area contributed by atoms with E-state index in [9.17, 15) is 9.59 Å². The molecule has 0 aliphatic rings. The van der Waals surface area contributed by atoms with E-state index >= 15 is 0 Å². The Kier molecular flexibility index (Phi) is 6.50. The zero-order valence-electron chi connectivity index (χ0n) is 18.4. The number of nitrogens with zero attached hydrogens (tertiary/aromatic N) is 3. The van der Waals surface area contributed by atoms with Crippen molar-refractivity contribution < 1.29 is 14.3 Å². The summed E-state index contributed by atoms with van der Waals surface area (Å²) in [7, 11) is 3.11. The van der Waals surface area contributed by atoms with E-state index in [4.69, 9.17) is 9.47 Å². The SMILES string of the molecule is COc1ccc(OC)c(/C=N\NC(=O)Cn2cnc3sc(C)c(-c4ccccc4)c3c2=O)c1. The van der Waals surface area contributed by atoms with E-state index in [1.165, 1.54) is 28.4 Å². The van der Waals surface area contributed by atoms with Gasteiger partial charge in [-0.05, 0) is 30.7 Å². The van der Waals surface area contributed by atoms with Gasteiger partial charge in [-0.25, -0.2) is 10.4 Å². The lowest BCUT2D eigenvalue weighted by atomic mass is 10.0. The molecule has 0 fully saturated rings. The number of fused-ring (bicyclic) bond motifs is 1. The molecule has 0 spiro atoms. The minimum atomic E-state index is -0.454. The molecule has 4 aromatic rings. The molecule has 2 aromatic heterocycles. The Labute approximate surface area is 194 Å². The van der Waals surface area contributed by atoms with Gasteiger partial charge in [0.2, 0.25) is 0 Å². The van der Waals surface area contributed by atoms with Crippen molar-refractivity contribution in [2.45, 2.75) is 13.5 Å². The van der Waals surface area contributed by atoms with Crippen molar-refractivity contribution in [2.75, 3.05) is 14.2 Å². The van der Waals surface area contributed by atoms with Gasteiger partial charge in [-0.15, -0.1) is 11.3 Å². The van der Waals surface area contributed by atoms with Gasteiger partial charge in [0.1, 0.15) is 22.9 Å². The van der Waals surface area contributed by atoms with Crippen LogP contribution in [0.2, 0.25) is 0 Å². The molecule has 1 N–H and O–H groups in total. The topological polar surface area (TPSA) is 94.8 Å². The molecule has 0 atom stereocenters. The van der Waals surface area contributed by atoms with Crippen LogP contribution in [0.15, 0.2) is 64.8 Å². The quantitative estimate of drug-likeness (QED) is 0.335. The molecule has 168 valence electrons. The lowest BCUT2D eigenvalue weighted by molar-refractivity contribution is -0.121. The summed E-state index contributed by atoms with van der Waals surface area (Å²) in [5.74, 6) is 0.764. The van der Waals surface area contributed by atoms with E-state index in [0.29, 0.717) is 27.3 Å². The number of benzene rings is 2. The lowest BCUT2D eigenvalue weighted by Gasteiger charge is -2.07. The third kappa shape index (κ3) is 4.63. The van der Waals surface area contributed by atoms with Gasteiger partial charge >= 0.3 is 0 Å². The van der Waals surface area contributed by atoms with Crippen LogP contribution in [0.5, 0.6) is 11.5 Å². The van der Waals surface area contributed by atoms with Crippen LogP contribution in [-0.2, 0) is 11.3 Å². The van der Waals surface area contributed by atoms with Crippen molar-refractivity contribution in [3.63, 3.8) is 0 Å². The first-order valence-electron chi connectivity index (χ1n) is 10.1. The van der Waals surface area contributed by atoms with Gasteiger partial charge in [-0.3, -0.25) is 14.2 Å². The minimum Gasteiger partial charge on any atom is -0.497 e. The molecule has 33 heavy (non-hydrogen) atoms. The zero-order valence-corrected chi connectivity index (χ0v) is 19.2. The monoisotopic (exact) mass is 462 g/mol. The van der Waals surface area contributed by atoms with E-state index in [-0.39, 0.29) is 12.1 Å². The average Bonchev–Trinajstić information content (AvgIpc) is 3.18. The maximum atomic E-state index is 13.2. The fourth-order valence-corrected chi connectivity index (χ4v) is 4.51. The molecule has 0 aliphatic heterocycles. The maximum Gasteiger partial charge on any atom is 0.263 e. The second kappa shape index (κ2) is 9.66. The Morgan fingerprint density at radius 3 is 2.70 bits per heavy atom. The Morgan fingerprint density at radius 1 is 1.18 bits per heavy atom. The average molecular weight is 463 g/mol. The summed E-state index contributed by atoms with van der Waals surface area (Å²) < 4.78 is 11.8. The van der Waals surface area contributed by atoms with Crippen molar-refractivity contribution in [1.82, 2.24) is 15.0 Å². The highest BCUT2D eigenvalue weighted by Crippen LogP contribution is 2.35. The summed E-state index contributed by atoms with van der Waals surface area (Å²) in [4.78, 5) is 31.7. The second-order valence-electron chi connectivity index (χ2n) is 7.16. The standard InChI is InChI=1S/C24H22N4O4S/c1-15-21(16-7-5-4-6-8-16)22-23(33-15)25-14-28(24(22)30)13-20(29)27-26-12-17-11-18(31-2)9-10-19(17)32-3/h4-12,14H,13H2,1-3H3,(H,27,29)/b26-12-. The van der Waals surface area contributed by atoms with Gasteiger partial charge in [-0.2, -0.15) is 5.10 Å². The van der Waals surface area contributed by atoms with E-state index < -0.39 is 5.91 Å². The van der Waals surface area contributed by atoms with Crippen LogP contribution in [-0.4, -0.2) is 35.9 Å². The fraction of sp³-hybridized carbons (Fsp3) is 0.167. The Balaban J connectivity index is 1.56. The van der Waals surface area contributed by atoms with Gasteiger partial charge in [0, 0.05) is 16.0 Å². The summed E-state index contributed by atoms with van der Waals surface area (Å²) >= 11 is 1.46. The van der Waals surface area contributed by atoms with Crippen LogP contribution in [0.4, 0.5) is 0 Å². The van der Waals surface area contributed by atoms with Crippen molar-refractivity contribution in [3.05, 3.63) is 75.7 Å². The molecule has 2 heterocycles. The van der Waals surface area contributed by atoms with Crippen LogP contribution in [0, 0.1) is 6.92 Å². The molecule has 4 rings (SSSR count). The van der Waals surface area contributed by atoms with Gasteiger partial charge in [0.15, 0.2) is 0 Å². The summed E-state index contributed by atoms with van der Waals surface area (Å²) in [6.07, 6.45) is 2.85. The number of thiophene rings is 1. The minimum absolute atomic E-state index is 0.211. The molecule has 0 saturated heterocycles. The van der Waals surface area contributed by atoms with Crippen LogP contribution in [0.1, 0.15) is 10.4 Å². The number of methoxy groups -OCH3 is 2. The van der Waals surface area contributed by atoms with Gasteiger partial charge in [-0.1, -0.05) is 30.3 Å². The molecular formula is C24H22N4O4S. The van der Waals surface area contributed by atoms with Gasteiger partial charge < -0.3 is 9.47 Å². The number of hydrogen-bond donors (Lipinski definition) is 1. The number of rotatable bonds is 7. The van der Waals surface area contributed by atoms with Crippen LogP contribution in [0.3, 0.4) is 0 Å². The second-order valence-corrected chi connectivity index (χ2v) is 8.36. The molecule has 0 unspecified atom stereocenters. The smallest absolute Gasteiger partial charge is 0.263 e. The van der Waals surface area contributed by atoms with Gasteiger partial charge in [0.05, 0.1) is 32.1 Å². The first-order valence-corrected chi connectivity index (χ1v) is 10.9. The molecule has 0 saturated carbocycles. The van der Waals surface area contributed by atoms with Crippen LogP contribution < -0.4 is 20.5 Å². The molecule has 2 aromatic carbocycles.